The van der Waals surface area contributed by atoms with Crippen molar-refractivity contribution in [1.29, 1.82) is 0 Å². The van der Waals surface area contributed by atoms with Crippen LogP contribution in [0, 0.1) is 0 Å². The molecule has 0 aliphatic carbocycles. The number of likely N-dealkylation sites (tertiary alicyclic amines) is 1. The molecule has 1 heterocycles. The highest BCUT2D eigenvalue weighted by atomic mass is 19.3. The smallest absolute Gasteiger partial charge is 0.410 e. The Bertz CT molecular complexity index is 454. The van der Waals surface area contributed by atoms with Crippen molar-refractivity contribution >= 4 is 12.1 Å². The largest absolute Gasteiger partial charge is 0.466 e. The number of alkyl halides is 2. The van der Waals surface area contributed by atoms with E-state index >= 15 is 0 Å². The Morgan fingerprint density at radius 1 is 1.33 bits per heavy atom. The Kier molecular flexibility index (Phi) is 4.96. The average Bonchev–Trinajstić information content (AvgIpc) is 2.61. The van der Waals surface area contributed by atoms with Crippen LogP contribution in [0.3, 0.4) is 0 Å². The lowest BCUT2D eigenvalue weighted by Crippen LogP contribution is -2.40. The zero-order chi connectivity index (χ0) is 16.4. The maximum absolute atomic E-state index is 13.6. The molecule has 5 nitrogen and oxygen atoms in total. The van der Waals surface area contributed by atoms with Gasteiger partial charge < -0.3 is 9.47 Å². The molecule has 0 aromatic carbocycles. The lowest BCUT2D eigenvalue weighted by Gasteiger charge is -2.27. The highest BCUT2D eigenvalue weighted by molar-refractivity contribution is 5.87. The minimum Gasteiger partial charge on any atom is -0.466 e. The van der Waals surface area contributed by atoms with E-state index in [4.69, 9.17) is 4.74 Å². The number of ether oxygens (including phenoxy) is 2. The average molecular weight is 305 g/mol. The first-order chi connectivity index (χ1) is 9.45. The molecule has 1 aliphatic rings. The lowest BCUT2D eigenvalue weighted by molar-refractivity contribution is -0.136. The number of nitrogens with zero attached hydrogens (tertiary/aromatic N) is 1. The fourth-order valence-corrected chi connectivity index (χ4v) is 2.03. The third-order valence-electron chi connectivity index (χ3n) is 2.89. The van der Waals surface area contributed by atoms with E-state index in [2.05, 4.69) is 4.74 Å². The van der Waals surface area contributed by atoms with E-state index in [0.29, 0.717) is 0 Å². The van der Waals surface area contributed by atoms with Crippen LogP contribution in [-0.2, 0) is 14.3 Å². The SMILES string of the molecule is COC(=O)/C(C)=C/[C@@H]1CC(F)(F)CN1C(=O)OC(C)(C)C. The van der Waals surface area contributed by atoms with Gasteiger partial charge in [-0.25, -0.2) is 18.4 Å². The van der Waals surface area contributed by atoms with Crippen molar-refractivity contribution in [3.63, 3.8) is 0 Å². The summed E-state index contributed by atoms with van der Waals surface area (Å²) >= 11 is 0. The van der Waals surface area contributed by atoms with Crippen LogP contribution in [0.4, 0.5) is 13.6 Å². The summed E-state index contributed by atoms with van der Waals surface area (Å²) in [4.78, 5) is 24.3. The fraction of sp³-hybridized carbons (Fsp3) is 0.714. The monoisotopic (exact) mass is 305 g/mol. The normalized spacial score (nSPS) is 22.1. The van der Waals surface area contributed by atoms with Crippen molar-refractivity contribution in [1.82, 2.24) is 4.90 Å². The maximum Gasteiger partial charge on any atom is 0.410 e. The van der Waals surface area contributed by atoms with E-state index < -0.39 is 42.6 Å². The Morgan fingerprint density at radius 2 is 1.90 bits per heavy atom. The van der Waals surface area contributed by atoms with E-state index in [1.807, 2.05) is 0 Å². The Morgan fingerprint density at radius 3 is 2.38 bits per heavy atom. The minimum absolute atomic E-state index is 0.175. The van der Waals surface area contributed by atoms with E-state index in [1.54, 1.807) is 20.8 Å². The number of halogens is 2. The van der Waals surface area contributed by atoms with Gasteiger partial charge in [0, 0.05) is 12.0 Å². The van der Waals surface area contributed by atoms with Crippen LogP contribution >= 0.6 is 0 Å². The number of hydrogen-bond acceptors (Lipinski definition) is 4. The van der Waals surface area contributed by atoms with Gasteiger partial charge in [-0.15, -0.1) is 0 Å². The van der Waals surface area contributed by atoms with E-state index in [9.17, 15) is 18.4 Å². The van der Waals surface area contributed by atoms with Crippen LogP contribution < -0.4 is 0 Å². The van der Waals surface area contributed by atoms with Crippen molar-refractivity contribution in [2.75, 3.05) is 13.7 Å². The molecule has 21 heavy (non-hydrogen) atoms. The van der Waals surface area contributed by atoms with Gasteiger partial charge in [0.15, 0.2) is 0 Å². The van der Waals surface area contributed by atoms with Crippen molar-refractivity contribution in [3.05, 3.63) is 11.6 Å². The second-order valence-electron chi connectivity index (χ2n) is 6.08. The summed E-state index contributed by atoms with van der Waals surface area (Å²) in [5.41, 5.74) is -0.602. The predicted octanol–water partition coefficient (Wildman–Crippen LogP) is 2.75. The number of methoxy groups -OCH3 is 1. The van der Waals surface area contributed by atoms with Crippen LogP contribution in [0.25, 0.3) is 0 Å². The lowest BCUT2D eigenvalue weighted by atomic mass is 10.1. The van der Waals surface area contributed by atoms with Gasteiger partial charge in [0.25, 0.3) is 5.92 Å². The highest BCUT2D eigenvalue weighted by Crippen LogP contribution is 2.34. The van der Waals surface area contributed by atoms with Crippen molar-refractivity contribution in [3.8, 4) is 0 Å². The van der Waals surface area contributed by atoms with Crippen LogP contribution in [0.15, 0.2) is 11.6 Å². The van der Waals surface area contributed by atoms with Gasteiger partial charge in [0.1, 0.15) is 5.60 Å². The minimum atomic E-state index is -3.01. The van der Waals surface area contributed by atoms with Crippen LogP contribution in [-0.4, -0.2) is 48.2 Å². The number of esters is 1. The van der Waals surface area contributed by atoms with Gasteiger partial charge in [-0.1, -0.05) is 6.08 Å². The number of carbonyl (C=O) groups excluding carboxylic acids is 2. The topological polar surface area (TPSA) is 55.8 Å². The first-order valence-corrected chi connectivity index (χ1v) is 6.59. The second kappa shape index (κ2) is 5.99. The molecular weight excluding hydrogens is 284 g/mol. The summed E-state index contributed by atoms with van der Waals surface area (Å²) in [5, 5.41) is 0. The molecule has 1 atom stereocenters. The van der Waals surface area contributed by atoms with E-state index in [0.717, 1.165) is 4.90 Å². The van der Waals surface area contributed by atoms with E-state index in [-0.39, 0.29) is 5.57 Å². The molecule has 1 rings (SSSR count). The quantitative estimate of drug-likeness (QED) is 0.581. The van der Waals surface area contributed by atoms with Crippen LogP contribution in [0.5, 0.6) is 0 Å². The first kappa shape index (κ1) is 17.4. The molecule has 0 bridgehead atoms. The Balaban J connectivity index is 2.94. The molecule has 7 heteroatoms. The zero-order valence-electron chi connectivity index (χ0n) is 12.9. The molecule has 1 aliphatic heterocycles. The molecule has 1 saturated heterocycles. The third kappa shape index (κ3) is 4.99. The van der Waals surface area contributed by atoms with Crippen LogP contribution in [0.1, 0.15) is 34.1 Å². The van der Waals surface area contributed by atoms with Crippen molar-refractivity contribution in [2.45, 2.75) is 51.7 Å². The molecule has 1 fully saturated rings. The van der Waals surface area contributed by atoms with Crippen LogP contribution in [0.2, 0.25) is 0 Å². The zero-order valence-corrected chi connectivity index (χ0v) is 12.9. The molecular formula is C14H21F2NO4. The predicted molar refractivity (Wildman–Crippen MR) is 72.1 cm³/mol. The molecule has 0 unspecified atom stereocenters. The third-order valence-corrected chi connectivity index (χ3v) is 2.89. The second-order valence-corrected chi connectivity index (χ2v) is 6.08. The highest BCUT2D eigenvalue weighted by Gasteiger charge is 2.47. The van der Waals surface area contributed by atoms with Gasteiger partial charge >= 0.3 is 12.1 Å². The summed E-state index contributed by atoms with van der Waals surface area (Å²) < 4.78 is 36.8. The maximum atomic E-state index is 13.6. The molecule has 0 spiro atoms. The van der Waals surface area contributed by atoms with Gasteiger partial charge in [-0.2, -0.15) is 0 Å². The number of hydrogen-bond donors (Lipinski definition) is 0. The van der Waals surface area contributed by atoms with Crippen molar-refractivity contribution in [2.24, 2.45) is 0 Å². The number of carbonyl (C=O) groups is 2. The van der Waals surface area contributed by atoms with Gasteiger partial charge in [0.2, 0.25) is 0 Å². The summed E-state index contributed by atoms with van der Waals surface area (Å²) in [7, 11) is 1.20. The standard InChI is InChI=1S/C14H21F2NO4/c1-9(11(18)20-5)6-10-7-14(15,16)8-17(10)12(19)21-13(2,3)4/h6,10H,7-8H2,1-5H3/b9-6+/t10-/m1/s1. The number of rotatable bonds is 2. The summed E-state index contributed by atoms with van der Waals surface area (Å²) in [6.45, 7) is 5.70. The number of amides is 1. The molecule has 120 valence electrons. The van der Waals surface area contributed by atoms with Crippen molar-refractivity contribution < 1.29 is 27.8 Å². The van der Waals surface area contributed by atoms with Gasteiger partial charge in [-0.3, -0.25) is 4.90 Å². The van der Waals surface area contributed by atoms with E-state index in [1.165, 1.54) is 20.1 Å². The summed E-state index contributed by atoms with van der Waals surface area (Å²) in [5.74, 6) is -3.62. The Hall–Kier alpha value is -1.66. The molecule has 0 aromatic heterocycles. The molecule has 0 radical (unpaired) electrons. The molecule has 0 N–H and O–H groups in total. The molecule has 0 aromatic rings. The first-order valence-electron chi connectivity index (χ1n) is 6.59. The van der Waals surface area contributed by atoms with Gasteiger partial charge in [0.05, 0.1) is 19.7 Å². The summed E-state index contributed by atoms with van der Waals surface area (Å²) in [6.07, 6.45) is -0.0457. The Labute approximate surface area is 122 Å². The summed E-state index contributed by atoms with van der Waals surface area (Å²) in [6, 6.07) is -0.894. The fourth-order valence-electron chi connectivity index (χ4n) is 2.03. The molecule has 1 amide bonds. The molecule has 0 saturated carbocycles. The van der Waals surface area contributed by atoms with Gasteiger partial charge in [-0.05, 0) is 27.7 Å².